The number of carboxylic acid groups (broad SMARTS) is 1. The van der Waals surface area contributed by atoms with Crippen LogP contribution in [-0.4, -0.2) is 61.4 Å². The number of H-pyrrole nitrogens is 1. The standard InChI is InChI=1S/C19H20N6O4/c1-3-12-6-4-5-7-13(12)25-14-15(22(2)18(27)21-16(14)26)20-17(25)23-8-10-24(11-9-23)19(28)29/h3-7H,1,8-11H2,2H3,(H,28,29)(H,21,26,27). The number of aromatic nitrogens is 4. The van der Waals surface area contributed by atoms with Gasteiger partial charge in [0, 0.05) is 33.2 Å². The van der Waals surface area contributed by atoms with Crippen LogP contribution in [0.5, 0.6) is 0 Å². The van der Waals surface area contributed by atoms with E-state index in [1.165, 1.54) is 9.47 Å². The molecule has 10 nitrogen and oxygen atoms in total. The first-order valence-corrected chi connectivity index (χ1v) is 9.08. The number of aromatic amines is 1. The Kier molecular flexibility index (Phi) is 4.45. The number of amides is 1. The minimum atomic E-state index is -0.964. The Morgan fingerprint density at radius 3 is 2.55 bits per heavy atom. The van der Waals surface area contributed by atoms with Gasteiger partial charge in [-0.25, -0.2) is 9.59 Å². The predicted octanol–water partition coefficient (Wildman–Crippen LogP) is 0.855. The Hall–Kier alpha value is -3.82. The molecule has 0 saturated carbocycles. The van der Waals surface area contributed by atoms with Crippen LogP contribution in [0.3, 0.4) is 0 Å². The van der Waals surface area contributed by atoms with Crippen molar-refractivity contribution in [3.63, 3.8) is 0 Å². The molecule has 4 rings (SSSR count). The summed E-state index contributed by atoms with van der Waals surface area (Å²) in [4.78, 5) is 46.2. The molecule has 2 aromatic heterocycles. The molecular weight excluding hydrogens is 376 g/mol. The summed E-state index contributed by atoms with van der Waals surface area (Å²) in [6, 6.07) is 7.43. The molecule has 1 amide bonds. The summed E-state index contributed by atoms with van der Waals surface area (Å²) in [5.74, 6) is 0.478. The first-order chi connectivity index (χ1) is 13.9. The molecule has 3 aromatic rings. The van der Waals surface area contributed by atoms with E-state index >= 15 is 0 Å². The van der Waals surface area contributed by atoms with Gasteiger partial charge in [-0.3, -0.25) is 18.9 Å². The summed E-state index contributed by atoms with van der Waals surface area (Å²) < 4.78 is 3.00. The van der Waals surface area contributed by atoms with E-state index in [0.717, 1.165) is 5.56 Å². The molecule has 0 aliphatic carbocycles. The van der Waals surface area contributed by atoms with Crippen LogP contribution in [0.1, 0.15) is 5.56 Å². The van der Waals surface area contributed by atoms with E-state index in [1.807, 2.05) is 29.2 Å². The number of hydrogen-bond donors (Lipinski definition) is 2. The smallest absolute Gasteiger partial charge is 0.407 e. The molecule has 2 N–H and O–H groups in total. The van der Waals surface area contributed by atoms with Crippen LogP contribution in [0, 0.1) is 0 Å². The van der Waals surface area contributed by atoms with Crippen molar-refractivity contribution in [2.24, 2.45) is 7.05 Å². The zero-order valence-electron chi connectivity index (χ0n) is 15.8. The molecule has 0 radical (unpaired) electrons. The van der Waals surface area contributed by atoms with Gasteiger partial charge in [-0.05, 0) is 11.6 Å². The van der Waals surface area contributed by atoms with E-state index in [4.69, 9.17) is 0 Å². The topological polar surface area (TPSA) is 116 Å². The summed E-state index contributed by atoms with van der Waals surface area (Å²) in [5.41, 5.74) is 0.914. The number of benzene rings is 1. The van der Waals surface area contributed by atoms with Gasteiger partial charge in [-0.15, -0.1) is 0 Å². The third kappa shape index (κ3) is 2.98. The highest BCUT2D eigenvalue weighted by Crippen LogP contribution is 2.28. The van der Waals surface area contributed by atoms with Gasteiger partial charge < -0.3 is 14.9 Å². The molecule has 1 fully saturated rings. The van der Waals surface area contributed by atoms with Crippen molar-refractivity contribution in [1.82, 2.24) is 24.0 Å². The highest BCUT2D eigenvalue weighted by atomic mass is 16.4. The number of rotatable bonds is 3. The van der Waals surface area contributed by atoms with Crippen molar-refractivity contribution in [3.8, 4) is 5.69 Å². The first kappa shape index (κ1) is 18.5. The number of nitrogens with zero attached hydrogens (tertiary/aromatic N) is 5. The Labute approximate surface area is 164 Å². The second-order valence-electron chi connectivity index (χ2n) is 6.76. The number of para-hydroxylation sites is 1. The molecule has 0 atom stereocenters. The number of imidazole rings is 1. The average Bonchev–Trinajstić information content (AvgIpc) is 3.13. The van der Waals surface area contributed by atoms with Gasteiger partial charge in [0.05, 0.1) is 5.69 Å². The minimum Gasteiger partial charge on any atom is -0.465 e. The van der Waals surface area contributed by atoms with E-state index in [2.05, 4.69) is 16.5 Å². The van der Waals surface area contributed by atoms with E-state index in [9.17, 15) is 19.5 Å². The number of nitrogens with one attached hydrogen (secondary N) is 1. The molecule has 1 saturated heterocycles. The van der Waals surface area contributed by atoms with Crippen LogP contribution < -0.4 is 16.1 Å². The van der Waals surface area contributed by atoms with Gasteiger partial charge in [-0.1, -0.05) is 30.9 Å². The fraction of sp³-hybridized carbons (Fsp3) is 0.263. The molecule has 29 heavy (non-hydrogen) atoms. The SMILES string of the molecule is C=Cc1ccccc1-n1c(N2CCN(C(=O)O)CC2)nc2c1c(=O)[nH]c(=O)n2C. The number of aryl methyl sites for hydroxylation is 1. The Balaban J connectivity index is 1.97. The maximum Gasteiger partial charge on any atom is 0.407 e. The lowest BCUT2D eigenvalue weighted by atomic mass is 10.1. The summed E-state index contributed by atoms with van der Waals surface area (Å²) in [7, 11) is 1.55. The van der Waals surface area contributed by atoms with Crippen molar-refractivity contribution in [3.05, 3.63) is 57.2 Å². The maximum absolute atomic E-state index is 12.7. The van der Waals surface area contributed by atoms with Crippen LogP contribution in [-0.2, 0) is 7.05 Å². The second-order valence-corrected chi connectivity index (χ2v) is 6.76. The molecule has 1 aromatic carbocycles. The molecule has 150 valence electrons. The zero-order chi connectivity index (χ0) is 20.7. The highest BCUT2D eigenvalue weighted by Gasteiger charge is 2.27. The van der Waals surface area contributed by atoms with E-state index < -0.39 is 17.3 Å². The fourth-order valence-electron chi connectivity index (χ4n) is 3.57. The third-order valence-electron chi connectivity index (χ3n) is 5.13. The van der Waals surface area contributed by atoms with Gasteiger partial charge in [0.15, 0.2) is 11.2 Å². The predicted molar refractivity (Wildman–Crippen MR) is 109 cm³/mol. The fourth-order valence-corrected chi connectivity index (χ4v) is 3.57. The lowest BCUT2D eigenvalue weighted by Crippen LogP contribution is -2.49. The average molecular weight is 396 g/mol. The molecule has 0 bridgehead atoms. The van der Waals surface area contributed by atoms with Crippen LogP contribution >= 0.6 is 0 Å². The maximum atomic E-state index is 12.7. The van der Waals surface area contributed by atoms with Gasteiger partial charge in [0.2, 0.25) is 5.95 Å². The van der Waals surface area contributed by atoms with Gasteiger partial charge in [0.1, 0.15) is 0 Å². The largest absolute Gasteiger partial charge is 0.465 e. The monoisotopic (exact) mass is 396 g/mol. The number of hydrogen-bond acceptors (Lipinski definition) is 5. The van der Waals surface area contributed by atoms with Crippen molar-refractivity contribution in [2.45, 2.75) is 0 Å². The summed E-state index contributed by atoms with van der Waals surface area (Å²) in [6.07, 6.45) is 0.720. The first-order valence-electron chi connectivity index (χ1n) is 9.08. The van der Waals surface area contributed by atoms with Crippen molar-refractivity contribution in [1.29, 1.82) is 0 Å². The summed E-state index contributed by atoms with van der Waals surface area (Å²) in [5, 5.41) is 9.21. The number of anilines is 1. The van der Waals surface area contributed by atoms with Gasteiger partial charge >= 0.3 is 11.8 Å². The van der Waals surface area contributed by atoms with Gasteiger partial charge in [-0.2, -0.15) is 4.98 Å². The number of piperazine rings is 1. The highest BCUT2D eigenvalue weighted by molar-refractivity contribution is 5.79. The molecular formula is C19H20N6O4. The van der Waals surface area contributed by atoms with Crippen LogP contribution in [0.25, 0.3) is 22.9 Å². The molecule has 1 aliphatic heterocycles. The third-order valence-corrected chi connectivity index (χ3v) is 5.13. The van der Waals surface area contributed by atoms with Crippen LogP contribution in [0.15, 0.2) is 40.4 Å². The molecule has 1 aliphatic rings. The minimum absolute atomic E-state index is 0.247. The van der Waals surface area contributed by atoms with E-state index in [0.29, 0.717) is 37.8 Å². The Morgan fingerprint density at radius 2 is 1.90 bits per heavy atom. The molecule has 0 spiro atoms. The normalized spacial score (nSPS) is 14.4. The lowest BCUT2D eigenvalue weighted by molar-refractivity contribution is 0.142. The quantitative estimate of drug-likeness (QED) is 0.678. The number of carbonyl (C=O) groups is 1. The van der Waals surface area contributed by atoms with Crippen LogP contribution in [0.2, 0.25) is 0 Å². The van der Waals surface area contributed by atoms with E-state index in [1.54, 1.807) is 17.7 Å². The summed E-state index contributed by atoms with van der Waals surface area (Å²) >= 11 is 0. The Morgan fingerprint density at radius 1 is 1.21 bits per heavy atom. The van der Waals surface area contributed by atoms with Crippen molar-refractivity contribution < 1.29 is 9.90 Å². The van der Waals surface area contributed by atoms with Crippen molar-refractivity contribution >= 4 is 29.3 Å². The molecule has 0 unspecified atom stereocenters. The lowest BCUT2D eigenvalue weighted by Gasteiger charge is -2.34. The molecule has 3 heterocycles. The Bertz CT molecular complexity index is 1230. The number of fused-ring (bicyclic) bond motifs is 1. The molecule has 10 heteroatoms. The zero-order valence-corrected chi connectivity index (χ0v) is 15.8. The van der Waals surface area contributed by atoms with Crippen molar-refractivity contribution in [2.75, 3.05) is 31.1 Å². The van der Waals surface area contributed by atoms with Crippen LogP contribution in [0.4, 0.5) is 10.7 Å². The van der Waals surface area contributed by atoms with Gasteiger partial charge in [0.25, 0.3) is 5.56 Å². The second kappa shape index (κ2) is 6.97. The summed E-state index contributed by atoms with van der Waals surface area (Å²) in [6.45, 7) is 5.31. The van der Waals surface area contributed by atoms with E-state index in [-0.39, 0.29) is 11.2 Å².